The summed E-state index contributed by atoms with van der Waals surface area (Å²) in [6.45, 7) is -0.457. The third-order valence-corrected chi connectivity index (χ3v) is 10.7. The molecule has 1 aromatic carbocycles. The van der Waals surface area contributed by atoms with Crippen LogP contribution in [0.5, 0.6) is 0 Å². The molecule has 4 rings (SSSR count). The van der Waals surface area contributed by atoms with Crippen LogP contribution in [0.4, 0.5) is 11.4 Å². The molecular formula is C33H46N2O13S. The van der Waals surface area contributed by atoms with Crippen LogP contribution >= 0.6 is 12.0 Å². The zero-order chi connectivity index (χ0) is 35.2. The van der Waals surface area contributed by atoms with Crippen molar-refractivity contribution >= 4 is 41.3 Å². The van der Waals surface area contributed by atoms with E-state index in [9.17, 15) is 34.6 Å². The van der Waals surface area contributed by atoms with Crippen LogP contribution in [-0.4, -0.2) is 52.8 Å². The lowest BCUT2D eigenvalue weighted by Gasteiger charge is -2.22. The topological polar surface area (TPSA) is 204 Å². The molecule has 3 aliphatic carbocycles. The van der Waals surface area contributed by atoms with Gasteiger partial charge in [0.15, 0.2) is 11.1 Å². The van der Waals surface area contributed by atoms with Gasteiger partial charge >= 0.3 is 29.3 Å². The fourth-order valence-corrected chi connectivity index (χ4v) is 8.00. The molecule has 0 atom stereocenters. The van der Waals surface area contributed by atoms with Gasteiger partial charge in [0.25, 0.3) is 0 Å². The highest BCUT2D eigenvalue weighted by molar-refractivity contribution is 7.94. The standard InChI is InChI=1S/C33H46N2O13S/c36-31(44-19-16-22-10-4-1-5-11-22)25-28(34(39)40)26(32(37)45-20-17-23-12-6-2-7-13-23)30(49-48-47-43)27(29(25)35(41)42)33(38)46-21-18-24-14-8-3-9-15-24/h22-24,43H,1-21H2. The van der Waals surface area contributed by atoms with Gasteiger partial charge in [-0.25, -0.2) is 19.6 Å². The van der Waals surface area contributed by atoms with E-state index >= 15 is 0 Å². The Kier molecular flexibility index (Phi) is 15.5. The number of carbonyl (C=O) groups excluding carboxylic acids is 3. The van der Waals surface area contributed by atoms with Crippen molar-refractivity contribution in [1.29, 1.82) is 0 Å². The second kappa shape index (κ2) is 19.7. The van der Waals surface area contributed by atoms with E-state index in [0.29, 0.717) is 19.3 Å². The molecule has 0 bridgehead atoms. The number of nitro groups is 2. The number of rotatable bonds is 17. The largest absolute Gasteiger partial charge is 0.462 e. The molecule has 49 heavy (non-hydrogen) atoms. The van der Waals surface area contributed by atoms with E-state index in [2.05, 4.69) is 9.37 Å². The van der Waals surface area contributed by atoms with E-state index in [4.69, 9.17) is 19.5 Å². The molecule has 0 amide bonds. The van der Waals surface area contributed by atoms with Crippen molar-refractivity contribution < 1.29 is 53.1 Å². The summed E-state index contributed by atoms with van der Waals surface area (Å²) in [5.74, 6) is -3.29. The highest BCUT2D eigenvalue weighted by Gasteiger charge is 2.47. The SMILES string of the molecule is O=C(OCCC1CCCCC1)c1c(SOOO)c(C(=O)OCCC2CCCCC2)c([N+](=O)[O-])c(C(=O)OCCC2CCCCC2)c1[N+](=O)[O-]. The van der Waals surface area contributed by atoms with Crippen LogP contribution in [-0.2, 0) is 23.6 Å². The van der Waals surface area contributed by atoms with Gasteiger partial charge in [-0.2, -0.15) is 0 Å². The Morgan fingerprint density at radius 3 is 1.22 bits per heavy atom. The maximum absolute atomic E-state index is 13.7. The maximum Gasteiger partial charge on any atom is 0.352 e. The first-order chi connectivity index (χ1) is 23.7. The van der Waals surface area contributed by atoms with Crippen LogP contribution < -0.4 is 0 Å². The third-order valence-electron chi connectivity index (χ3n) is 9.98. The molecule has 1 aromatic rings. The predicted molar refractivity (Wildman–Crippen MR) is 175 cm³/mol. The number of nitrogens with zero attached hydrogens (tertiary/aromatic N) is 2. The first-order valence-corrected chi connectivity index (χ1v) is 18.2. The molecule has 0 radical (unpaired) electrons. The van der Waals surface area contributed by atoms with Crippen molar-refractivity contribution in [2.24, 2.45) is 17.8 Å². The number of carbonyl (C=O) groups is 3. The Bertz CT molecular complexity index is 1250. The molecule has 0 heterocycles. The summed E-state index contributed by atoms with van der Waals surface area (Å²) < 4.78 is 20.8. The Morgan fingerprint density at radius 1 is 0.592 bits per heavy atom. The molecule has 3 saturated carbocycles. The third kappa shape index (κ3) is 10.8. The molecule has 0 unspecified atom stereocenters. The van der Waals surface area contributed by atoms with Crippen molar-refractivity contribution in [3.05, 3.63) is 36.9 Å². The highest BCUT2D eigenvalue weighted by Crippen LogP contribution is 2.45. The van der Waals surface area contributed by atoms with Gasteiger partial charge in [-0.3, -0.25) is 20.2 Å². The van der Waals surface area contributed by atoms with Gasteiger partial charge in [0.2, 0.25) is 5.56 Å². The zero-order valence-electron chi connectivity index (χ0n) is 27.7. The maximum atomic E-state index is 13.7. The minimum atomic E-state index is -1.45. The van der Waals surface area contributed by atoms with Crippen LogP contribution in [0.2, 0.25) is 0 Å². The van der Waals surface area contributed by atoms with E-state index in [-0.39, 0.29) is 49.6 Å². The van der Waals surface area contributed by atoms with Gasteiger partial charge < -0.3 is 14.2 Å². The molecular weight excluding hydrogens is 664 g/mol. The summed E-state index contributed by atoms with van der Waals surface area (Å²) in [5.41, 5.74) is -5.69. The molecule has 3 aliphatic rings. The van der Waals surface area contributed by atoms with E-state index < -0.39 is 60.7 Å². The lowest BCUT2D eigenvalue weighted by Crippen LogP contribution is -2.23. The first kappa shape index (κ1) is 38.5. The Labute approximate surface area is 289 Å². The smallest absolute Gasteiger partial charge is 0.352 e. The molecule has 0 saturated heterocycles. The first-order valence-electron chi connectivity index (χ1n) is 17.4. The van der Waals surface area contributed by atoms with Crippen molar-refractivity contribution in [1.82, 2.24) is 0 Å². The summed E-state index contributed by atoms with van der Waals surface area (Å²) in [5, 5.41) is 37.9. The van der Waals surface area contributed by atoms with Gasteiger partial charge in [-0.05, 0) is 37.0 Å². The van der Waals surface area contributed by atoms with Crippen molar-refractivity contribution in [3.8, 4) is 0 Å². The van der Waals surface area contributed by atoms with E-state index in [1.54, 1.807) is 0 Å². The van der Waals surface area contributed by atoms with Gasteiger partial charge in [0.05, 0.1) is 46.6 Å². The van der Waals surface area contributed by atoms with E-state index in [1.807, 2.05) is 0 Å². The molecule has 272 valence electrons. The molecule has 3 fully saturated rings. The molecule has 15 nitrogen and oxygen atoms in total. The van der Waals surface area contributed by atoms with Gasteiger partial charge in [0.1, 0.15) is 0 Å². The number of hydrogen-bond donors (Lipinski definition) is 1. The minimum absolute atomic E-state index is 0.0613. The minimum Gasteiger partial charge on any atom is -0.462 e. The number of esters is 3. The Balaban J connectivity index is 1.75. The molecule has 1 N–H and O–H groups in total. The fourth-order valence-electron chi connectivity index (χ4n) is 7.37. The summed E-state index contributed by atoms with van der Waals surface area (Å²) in [6, 6.07) is 0. The Morgan fingerprint density at radius 2 is 0.918 bits per heavy atom. The summed E-state index contributed by atoms with van der Waals surface area (Å²) in [4.78, 5) is 63.2. The average Bonchev–Trinajstić information content (AvgIpc) is 3.10. The summed E-state index contributed by atoms with van der Waals surface area (Å²) in [7, 11) is 0. The quantitative estimate of drug-likeness (QED) is 0.0403. The predicted octanol–water partition coefficient (Wildman–Crippen LogP) is 8.31. The number of benzene rings is 1. The molecule has 0 aromatic heterocycles. The van der Waals surface area contributed by atoms with Crippen molar-refractivity contribution in [3.63, 3.8) is 0 Å². The van der Waals surface area contributed by atoms with Crippen molar-refractivity contribution in [2.75, 3.05) is 19.8 Å². The summed E-state index contributed by atoms with van der Waals surface area (Å²) in [6.07, 6.45) is 16.5. The fraction of sp³-hybridized carbons (Fsp3) is 0.727. The second-order valence-corrected chi connectivity index (χ2v) is 13.9. The zero-order valence-corrected chi connectivity index (χ0v) is 28.5. The van der Waals surface area contributed by atoms with Crippen LogP contribution in [0.1, 0.15) is 147 Å². The summed E-state index contributed by atoms with van der Waals surface area (Å²) >= 11 is -0.0613. The van der Waals surface area contributed by atoms with Gasteiger partial charge in [-0.1, -0.05) is 101 Å². The lowest BCUT2D eigenvalue weighted by atomic mass is 9.87. The van der Waals surface area contributed by atoms with Crippen LogP contribution in [0.25, 0.3) is 0 Å². The van der Waals surface area contributed by atoms with Crippen LogP contribution in [0.15, 0.2) is 4.90 Å². The van der Waals surface area contributed by atoms with Crippen LogP contribution in [0, 0.1) is 38.0 Å². The number of nitro benzene ring substituents is 2. The molecule has 0 spiro atoms. The van der Waals surface area contributed by atoms with E-state index in [0.717, 1.165) is 96.3 Å². The Hall–Kier alpha value is -3.34. The monoisotopic (exact) mass is 710 g/mol. The average molecular weight is 711 g/mol. The van der Waals surface area contributed by atoms with E-state index in [1.165, 1.54) is 0 Å². The molecule has 16 heteroatoms. The van der Waals surface area contributed by atoms with Gasteiger partial charge in [0, 0.05) is 0 Å². The highest BCUT2D eigenvalue weighted by atomic mass is 32.2. The lowest BCUT2D eigenvalue weighted by molar-refractivity contribution is -0.432. The van der Waals surface area contributed by atoms with Crippen LogP contribution in [0.3, 0.4) is 0 Å². The normalized spacial score (nSPS) is 17.7. The second-order valence-electron chi connectivity index (χ2n) is 13.2. The van der Waals surface area contributed by atoms with Gasteiger partial charge in [-0.15, -0.1) is 4.33 Å². The number of ether oxygens (including phenoxy) is 3. The van der Waals surface area contributed by atoms with Crippen molar-refractivity contribution in [2.45, 2.75) is 120 Å². The molecule has 0 aliphatic heterocycles. The number of hydrogen-bond acceptors (Lipinski definition) is 14.